The van der Waals surface area contributed by atoms with Crippen LogP contribution in [0.3, 0.4) is 0 Å². The normalized spacial score (nSPS) is 14.9. The zero-order chi connectivity index (χ0) is 21.6. The van der Waals surface area contributed by atoms with Gasteiger partial charge in [0.05, 0.1) is 0 Å². The van der Waals surface area contributed by atoms with E-state index < -0.39 is 34.7 Å². The Bertz CT molecular complexity index is 1200. The lowest BCUT2D eigenvalue weighted by Crippen LogP contribution is -2.29. The maximum atomic E-state index is 14.4. The number of anilines is 2. The number of aromatic carboxylic acids is 1. The summed E-state index contributed by atoms with van der Waals surface area (Å²) < 4.78 is 41.7. The van der Waals surface area contributed by atoms with Crippen LogP contribution in [0, 0.1) is 24.4 Å². The van der Waals surface area contributed by atoms with E-state index in [0.717, 1.165) is 23.1 Å². The first-order chi connectivity index (χ1) is 14.3. The van der Waals surface area contributed by atoms with Gasteiger partial charge in [-0.2, -0.15) is 0 Å². The number of nitrogens with one attached hydrogen (secondary N) is 2. The molecular weight excluding hydrogens is 437 g/mol. The van der Waals surface area contributed by atoms with Gasteiger partial charge in [0, 0.05) is 27.1 Å². The fourth-order valence-electron chi connectivity index (χ4n) is 3.02. The Morgan fingerprint density at radius 1 is 1.10 bits per heavy atom. The highest BCUT2D eigenvalue weighted by atomic mass is 32.2. The molecule has 1 aromatic heterocycles. The van der Waals surface area contributed by atoms with Crippen LogP contribution in [0.2, 0.25) is 0 Å². The highest BCUT2D eigenvalue weighted by molar-refractivity contribution is 8.01. The van der Waals surface area contributed by atoms with Gasteiger partial charge in [0.1, 0.15) is 16.4 Å². The van der Waals surface area contributed by atoms with E-state index >= 15 is 0 Å². The topological polar surface area (TPSA) is 78.4 Å². The minimum atomic E-state index is -1.39. The van der Waals surface area contributed by atoms with Crippen molar-refractivity contribution in [2.75, 3.05) is 10.6 Å². The summed E-state index contributed by atoms with van der Waals surface area (Å²) in [6.45, 7) is 1.40. The molecule has 0 saturated carbocycles. The molecule has 0 aliphatic carbocycles. The lowest BCUT2D eigenvalue weighted by atomic mass is 10.0. The molecule has 5 nitrogen and oxygen atoms in total. The van der Waals surface area contributed by atoms with E-state index in [1.165, 1.54) is 42.6 Å². The minimum absolute atomic E-state index is 0.00702. The van der Waals surface area contributed by atoms with Crippen LogP contribution < -0.4 is 10.6 Å². The van der Waals surface area contributed by atoms with E-state index in [4.69, 9.17) is 0 Å². The number of hydrogen-bond donors (Lipinski definition) is 3. The number of amides is 1. The van der Waals surface area contributed by atoms with Gasteiger partial charge < -0.3 is 15.7 Å². The maximum absolute atomic E-state index is 14.4. The predicted octanol–water partition coefficient (Wildman–Crippen LogP) is 5.32. The fourth-order valence-corrected chi connectivity index (χ4v) is 5.02. The van der Waals surface area contributed by atoms with Crippen LogP contribution in [0.5, 0.6) is 0 Å². The largest absolute Gasteiger partial charge is 0.478 e. The molecule has 0 spiro atoms. The number of carboxylic acids is 1. The number of fused-ring (bicyclic) bond motifs is 1. The zero-order valence-corrected chi connectivity index (χ0v) is 16.9. The number of carbonyl (C=O) groups excluding carboxylic acids is 1. The summed E-state index contributed by atoms with van der Waals surface area (Å²) in [5, 5.41) is 15.6. The molecule has 1 aliphatic heterocycles. The quantitative estimate of drug-likeness (QED) is 0.501. The summed E-state index contributed by atoms with van der Waals surface area (Å²) in [6, 6.07) is 6.71. The Balaban J connectivity index is 1.63. The van der Waals surface area contributed by atoms with Crippen molar-refractivity contribution < 1.29 is 27.9 Å². The van der Waals surface area contributed by atoms with Gasteiger partial charge in [-0.05, 0) is 30.7 Å². The first-order valence-corrected chi connectivity index (χ1v) is 10.4. The molecule has 3 N–H and O–H groups in total. The third kappa shape index (κ3) is 3.52. The second kappa shape index (κ2) is 7.69. The van der Waals surface area contributed by atoms with Gasteiger partial charge in [-0.25, -0.2) is 18.0 Å². The van der Waals surface area contributed by atoms with Crippen molar-refractivity contribution in [2.45, 2.75) is 17.2 Å². The van der Waals surface area contributed by atoms with Gasteiger partial charge in [-0.1, -0.05) is 23.9 Å². The standard InChI is InChI=1S/C20H13F3N2O3S2/c1-8-2-4-10(16(23)15(8)22)11-7-29-18(14(11)20(27)28)25-17(26)19-24-12-5-3-9(21)6-13(12)30-19/h2-7,19,24H,1H3,(H,25,26)(H,27,28). The highest BCUT2D eigenvalue weighted by Gasteiger charge is 2.30. The van der Waals surface area contributed by atoms with Crippen molar-refractivity contribution in [2.24, 2.45) is 0 Å². The Morgan fingerprint density at radius 2 is 1.87 bits per heavy atom. The second-order valence-corrected chi connectivity index (χ2v) is 8.52. The molecule has 3 aromatic rings. The zero-order valence-electron chi connectivity index (χ0n) is 15.3. The molecule has 154 valence electrons. The molecule has 1 unspecified atom stereocenters. The molecular formula is C20H13F3N2O3S2. The predicted molar refractivity (Wildman–Crippen MR) is 110 cm³/mol. The van der Waals surface area contributed by atoms with Gasteiger partial charge >= 0.3 is 5.97 Å². The number of halogens is 3. The van der Waals surface area contributed by atoms with E-state index in [1.54, 1.807) is 0 Å². The van der Waals surface area contributed by atoms with E-state index in [1.807, 2.05) is 0 Å². The molecule has 1 aliphatic rings. The van der Waals surface area contributed by atoms with Crippen LogP contribution in [-0.4, -0.2) is 22.4 Å². The lowest BCUT2D eigenvalue weighted by Gasteiger charge is -2.11. The second-order valence-electron chi connectivity index (χ2n) is 6.49. The minimum Gasteiger partial charge on any atom is -0.478 e. The van der Waals surface area contributed by atoms with Crippen LogP contribution in [0.25, 0.3) is 11.1 Å². The number of thioether (sulfide) groups is 1. The number of rotatable bonds is 4. The third-order valence-electron chi connectivity index (χ3n) is 4.52. The van der Waals surface area contributed by atoms with E-state index in [9.17, 15) is 27.9 Å². The van der Waals surface area contributed by atoms with Gasteiger partial charge in [0.15, 0.2) is 17.0 Å². The van der Waals surface area contributed by atoms with E-state index in [-0.39, 0.29) is 27.3 Å². The molecule has 4 rings (SSSR count). The van der Waals surface area contributed by atoms with Crippen LogP contribution >= 0.6 is 23.1 Å². The van der Waals surface area contributed by atoms with Gasteiger partial charge in [-0.3, -0.25) is 4.79 Å². The van der Waals surface area contributed by atoms with Crippen LogP contribution in [0.15, 0.2) is 40.6 Å². The van der Waals surface area contributed by atoms with Gasteiger partial charge in [0.2, 0.25) is 0 Å². The number of carbonyl (C=O) groups is 2. The summed E-state index contributed by atoms with van der Waals surface area (Å²) in [5.41, 5.74) is 0.114. The number of thiophene rings is 1. The average molecular weight is 450 g/mol. The molecule has 0 fully saturated rings. The molecule has 1 amide bonds. The fraction of sp³-hybridized carbons (Fsp3) is 0.100. The summed E-state index contributed by atoms with van der Waals surface area (Å²) in [4.78, 5) is 25.0. The first kappa shape index (κ1) is 20.3. The molecule has 2 aromatic carbocycles. The summed E-state index contributed by atoms with van der Waals surface area (Å²) in [7, 11) is 0. The smallest absolute Gasteiger partial charge is 0.339 e. The number of carboxylic acid groups (broad SMARTS) is 1. The van der Waals surface area contributed by atoms with Gasteiger partial charge in [0.25, 0.3) is 5.91 Å². The van der Waals surface area contributed by atoms with Crippen molar-refractivity contribution in [3.8, 4) is 11.1 Å². The number of aryl methyl sites for hydroxylation is 1. The summed E-state index contributed by atoms with van der Waals surface area (Å²) in [5.74, 6) is -4.59. The third-order valence-corrected chi connectivity index (χ3v) is 6.58. The molecule has 10 heteroatoms. The first-order valence-electron chi connectivity index (χ1n) is 8.59. The van der Waals surface area contributed by atoms with E-state index in [2.05, 4.69) is 10.6 Å². The monoisotopic (exact) mass is 450 g/mol. The Morgan fingerprint density at radius 3 is 2.60 bits per heavy atom. The molecule has 2 heterocycles. The Kier molecular flexibility index (Phi) is 5.20. The van der Waals surface area contributed by atoms with Crippen LogP contribution in [0.4, 0.5) is 23.9 Å². The maximum Gasteiger partial charge on any atom is 0.339 e. The van der Waals surface area contributed by atoms with Crippen LogP contribution in [0.1, 0.15) is 15.9 Å². The Labute approximate surface area is 176 Å². The molecule has 1 atom stereocenters. The lowest BCUT2D eigenvalue weighted by molar-refractivity contribution is -0.115. The van der Waals surface area contributed by atoms with Gasteiger partial charge in [-0.15, -0.1) is 11.3 Å². The van der Waals surface area contributed by atoms with Crippen molar-refractivity contribution in [3.05, 3.63) is 64.3 Å². The van der Waals surface area contributed by atoms with Crippen molar-refractivity contribution in [1.82, 2.24) is 0 Å². The number of hydrogen-bond acceptors (Lipinski definition) is 5. The molecule has 30 heavy (non-hydrogen) atoms. The van der Waals surface area contributed by atoms with Crippen LogP contribution in [-0.2, 0) is 4.79 Å². The van der Waals surface area contributed by atoms with Crippen molar-refractivity contribution in [3.63, 3.8) is 0 Å². The Hall–Kier alpha value is -2.98. The highest BCUT2D eigenvalue weighted by Crippen LogP contribution is 2.41. The summed E-state index contributed by atoms with van der Waals surface area (Å²) >= 11 is 1.98. The molecule has 0 saturated heterocycles. The van der Waals surface area contributed by atoms with Crippen molar-refractivity contribution >= 4 is 45.7 Å². The molecule has 0 radical (unpaired) electrons. The SMILES string of the molecule is Cc1ccc(-c2csc(NC(=O)C3Nc4ccc(F)cc4S3)c2C(=O)O)c(F)c1F. The van der Waals surface area contributed by atoms with E-state index in [0.29, 0.717) is 10.6 Å². The molecule has 0 bridgehead atoms. The number of benzene rings is 2. The average Bonchev–Trinajstić information content (AvgIpc) is 3.30. The van der Waals surface area contributed by atoms with Crippen molar-refractivity contribution in [1.29, 1.82) is 0 Å². The summed E-state index contributed by atoms with van der Waals surface area (Å²) in [6.07, 6.45) is 0.